The molecule has 0 saturated heterocycles. The summed E-state index contributed by atoms with van der Waals surface area (Å²) >= 11 is 0. The Kier molecular flexibility index (Phi) is 2.23. The SMILES string of the molecule is N[C@H](CO)c1c[nH]c2cc(F)ccc12. The third-order valence-corrected chi connectivity index (χ3v) is 2.27. The number of aliphatic hydroxyl groups is 1. The molecule has 3 nitrogen and oxygen atoms in total. The van der Waals surface area contributed by atoms with Crippen molar-refractivity contribution in [2.75, 3.05) is 6.61 Å². The predicted molar refractivity (Wildman–Crippen MR) is 52.3 cm³/mol. The molecule has 0 saturated carbocycles. The van der Waals surface area contributed by atoms with Gasteiger partial charge in [0.25, 0.3) is 0 Å². The van der Waals surface area contributed by atoms with E-state index in [2.05, 4.69) is 4.98 Å². The zero-order chi connectivity index (χ0) is 10.1. The standard InChI is InChI=1S/C10H11FN2O/c11-6-1-2-7-8(9(12)5-14)4-13-10(7)3-6/h1-4,9,13-14H,5,12H2/t9-/m1/s1. The Labute approximate surface area is 80.4 Å². The number of aromatic amines is 1. The molecule has 0 radical (unpaired) electrons. The highest BCUT2D eigenvalue weighted by atomic mass is 19.1. The number of H-pyrrole nitrogens is 1. The molecule has 2 aromatic rings. The van der Waals surface area contributed by atoms with E-state index in [9.17, 15) is 4.39 Å². The number of halogens is 1. The first-order chi connectivity index (χ1) is 6.72. The van der Waals surface area contributed by atoms with E-state index >= 15 is 0 Å². The lowest BCUT2D eigenvalue weighted by Gasteiger charge is -2.05. The Morgan fingerprint density at radius 3 is 3.00 bits per heavy atom. The van der Waals surface area contributed by atoms with Gasteiger partial charge >= 0.3 is 0 Å². The summed E-state index contributed by atoms with van der Waals surface area (Å²) in [6.07, 6.45) is 1.70. The molecule has 0 unspecified atom stereocenters. The van der Waals surface area contributed by atoms with Crippen LogP contribution >= 0.6 is 0 Å². The number of aromatic nitrogens is 1. The number of hydrogen-bond acceptors (Lipinski definition) is 2. The van der Waals surface area contributed by atoms with Crippen LogP contribution in [0.25, 0.3) is 10.9 Å². The molecule has 2 rings (SSSR count). The molecular weight excluding hydrogens is 183 g/mol. The highest BCUT2D eigenvalue weighted by molar-refractivity contribution is 5.83. The largest absolute Gasteiger partial charge is 0.394 e. The van der Waals surface area contributed by atoms with Crippen LogP contribution in [0.3, 0.4) is 0 Å². The van der Waals surface area contributed by atoms with Crippen molar-refractivity contribution < 1.29 is 9.50 Å². The summed E-state index contributed by atoms with van der Waals surface area (Å²) in [5.41, 5.74) is 7.19. The first-order valence-electron chi connectivity index (χ1n) is 4.35. The van der Waals surface area contributed by atoms with Gasteiger partial charge in [-0.1, -0.05) is 0 Å². The van der Waals surface area contributed by atoms with Crippen molar-refractivity contribution in [1.29, 1.82) is 0 Å². The van der Waals surface area contributed by atoms with Crippen LogP contribution in [0.1, 0.15) is 11.6 Å². The Hall–Kier alpha value is -1.39. The van der Waals surface area contributed by atoms with E-state index < -0.39 is 6.04 Å². The van der Waals surface area contributed by atoms with E-state index in [0.717, 1.165) is 10.9 Å². The third-order valence-electron chi connectivity index (χ3n) is 2.27. The summed E-state index contributed by atoms with van der Waals surface area (Å²) in [5.74, 6) is -0.288. The van der Waals surface area contributed by atoms with Gasteiger partial charge in [0, 0.05) is 17.1 Å². The average Bonchev–Trinajstić information content (AvgIpc) is 2.59. The summed E-state index contributed by atoms with van der Waals surface area (Å²) in [6.45, 7) is -0.121. The highest BCUT2D eigenvalue weighted by Crippen LogP contribution is 2.23. The lowest BCUT2D eigenvalue weighted by Crippen LogP contribution is -2.13. The molecule has 0 aliphatic carbocycles. The van der Waals surface area contributed by atoms with Crippen LogP contribution < -0.4 is 5.73 Å². The topological polar surface area (TPSA) is 62.0 Å². The van der Waals surface area contributed by atoms with Gasteiger partial charge in [0.2, 0.25) is 0 Å². The number of nitrogens with two attached hydrogens (primary N) is 1. The van der Waals surface area contributed by atoms with Gasteiger partial charge in [-0.15, -0.1) is 0 Å². The van der Waals surface area contributed by atoms with Gasteiger partial charge in [0.05, 0.1) is 12.6 Å². The van der Waals surface area contributed by atoms with Crippen LogP contribution in [-0.2, 0) is 0 Å². The zero-order valence-corrected chi connectivity index (χ0v) is 7.50. The molecule has 0 aliphatic heterocycles. The second-order valence-corrected chi connectivity index (χ2v) is 3.22. The number of nitrogens with one attached hydrogen (secondary N) is 1. The number of fused-ring (bicyclic) bond motifs is 1. The second-order valence-electron chi connectivity index (χ2n) is 3.22. The quantitative estimate of drug-likeness (QED) is 0.674. The van der Waals surface area contributed by atoms with Crippen molar-refractivity contribution in [3.63, 3.8) is 0 Å². The molecule has 1 heterocycles. The minimum absolute atomic E-state index is 0.121. The molecule has 0 aliphatic rings. The average molecular weight is 194 g/mol. The fourth-order valence-corrected chi connectivity index (χ4v) is 1.53. The van der Waals surface area contributed by atoms with E-state index in [1.807, 2.05) is 0 Å². The second kappa shape index (κ2) is 3.40. The van der Waals surface area contributed by atoms with Crippen molar-refractivity contribution in [2.24, 2.45) is 5.73 Å². The summed E-state index contributed by atoms with van der Waals surface area (Å²) in [5, 5.41) is 9.76. The van der Waals surface area contributed by atoms with Crippen LogP contribution in [0.4, 0.5) is 4.39 Å². The van der Waals surface area contributed by atoms with Gasteiger partial charge in [-0.3, -0.25) is 0 Å². The maximum absolute atomic E-state index is 12.8. The smallest absolute Gasteiger partial charge is 0.125 e. The monoisotopic (exact) mass is 194 g/mol. The van der Waals surface area contributed by atoms with Gasteiger partial charge in [0.15, 0.2) is 0 Å². The summed E-state index contributed by atoms with van der Waals surface area (Å²) in [7, 11) is 0. The Morgan fingerprint density at radius 1 is 1.50 bits per heavy atom. The van der Waals surface area contributed by atoms with Crippen LogP contribution in [0.15, 0.2) is 24.4 Å². The summed E-state index contributed by atoms with van der Waals surface area (Å²) in [6, 6.07) is 4.02. The fraction of sp³-hybridized carbons (Fsp3) is 0.200. The molecule has 4 N–H and O–H groups in total. The van der Waals surface area contributed by atoms with Crippen molar-refractivity contribution >= 4 is 10.9 Å². The highest BCUT2D eigenvalue weighted by Gasteiger charge is 2.10. The Bertz CT molecular complexity index is 452. The van der Waals surface area contributed by atoms with Gasteiger partial charge in [-0.2, -0.15) is 0 Å². The molecule has 74 valence electrons. The lowest BCUT2D eigenvalue weighted by molar-refractivity contribution is 0.268. The fourth-order valence-electron chi connectivity index (χ4n) is 1.53. The zero-order valence-electron chi connectivity index (χ0n) is 7.50. The predicted octanol–water partition coefficient (Wildman–Crippen LogP) is 1.30. The van der Waals surface area contributed by atoms with Crippen molar-refractivity contribution in [1.82, 2.24) is 4.98 Å². The number of benzene rings is 1. The Morgan fingerprint density at radius 2 is 2.29 bits per heavy atom. The first kappa shape index (κ1) is 9.18. The maximum Gasteiger partial charge on any atom is 0.125 e. The third kappa shape index (κ3) is 1.38. The first-order valence-corrected chi connectivity index (χ1v) is 4.35. The molecular formula is C10H11FN2O. The van der Waals surface area contributed by atoms with E-state index in [4.69, 9.17) is 10.8 Å². The Balaban J connectivity index is 2.58. The molecule has 1 atom stereocenters. The molecule has 1 aromatic carbocycles. The van der Waals surface area contributed by atoms with Crippen LogP contribution in [0, 0.1) is 5.82 Å². The van der Waals surface area contributed by atoms with E-state index in [0.29, 0.717) is 5.52 Å². The van der Waals surface area contributed by atoms with Crippen molar-refractivity contribution in [3.8, 4) is 0 Å². The van der Waals surface area contributed by atoms with Crippen LogP contribution in [0.2, 0.25) is 0 Å². The summed E-state index contributed by atoms with van der Waals surface area (Å²) < 4.78 is 12.8. The van der Waals surface area contributed by atoms with Crippen molar-refractivity contribution in [2.45, 2.75) is 6.04 Å². The van der Waals surface area contributed by atoms with E-state index in [1.54, 1.807) is 12.3 Å². The molecule has 4 heteroatoms. The van der Waals surface area contributed by atoms with E-state index in [1.165, 1.54) is 12.1 Å². The maximum atomic E-state index is 12.8. The van der Waals surface area contributed by atoms with Gasteiger partial charge < -0.3 is 15.8 Å². The van der Waals surface area contributed by atoms with Crippen LogP contribution in [0.5, 0.6) is 0 Å². The van der Waals surface area contributed by atoms with Crippen molar-refractivity contribution in [3.05, 3.63) is 35.8 Å². The molecule has 0 amide bonds. The number of rotatable bonds is 2. The normalized spacial score (nSPS) is 13.4. The molecule has 0 spiro atoms. The van der Waals surface area contributed by atoms with Crippen LogP contribution in [-0.4, -0.2) is 16.7 Å². The van der Waals surface area contributed by atoms with Gasteiger partial charge in [-0.05, 0) is 23.8 Å². The lowest BCUT2D eigenvalue weighted by atomic mass is 10.1. The van der Waals surface area contributed by atoms with Gasteiger partial charge in [-0.25, -0.2) is 4.39 Å². The minimum Gasteiger partial charge on any atom is -0.394 e. The summed E-state index contributed by atoms with van der Waals surface area (Å²) in [4.78, 5) is 2.91. The number of hydrogen-bond donors (Lipinski definition) is 3. The minimum atomic E-state index is -0.422. The molecule has 0 bridgehead atoms. The molecule has 1 aromatic heterocycles. The van der Waals surface area contributed by atoms with E-state index in [-0.39, 0.29) is 12.4 Å². The number of aliphatic hydroxyl groups excluding tert-OH is 1. The van der Waals surface area contributed by atoms with Gasteiger partial charge in [0.1, 0.15) is 5.82 Å². The molecule has 14 heavy (non-hydrogen) atoms. The molecule has 0 fully saturated rings.